The number of hydrogen-bond acceptors (Lipinski definition) is 7. The van der Waals surface area contributed by atoms with Crippen LogP contribution in [0.15, 0.2) is 66.6 Å². The van der Waals surface area contributed by atoms with Gasteiger partial charge in [-0.25, -0.2) is 18.8 Å². The number of allylic oxidation sites excluding steroid dienone is 2. The molecule has 0 atom stereocenters. The maximum atomic E-state index is 14.8. The van der Waals surface area contributed by atoms with Gasteiger partial charge < -0.3 is 19.1 Å². The molecule has 0 N–H and O–H groups in total. The summed E-state index contributed by atoms with van der Waals surface area (Å²) < 4.78 is 29.1. The second kappa shape index (κ2) is 9.31. The fourth-order valence-corrected chi connectivity index (χ4v) is 2.40. The SMILES string of the molecule is C=CCOC(=O)c1ccc(N2C=CC=CC(C(=O)OC)=C2C(=O)OC)c(F)c1. The van der Waals surface area contributed by atoms with E-state index in [0.717, 1.165) is 25.2 Å². The molecule has 1 aromatic carbocycles. The van der Waals surface area contributed by atoms with E-state index in [2.05, 4.69) is 6.58 Å². The molecule has 1 aliphatic heterocycles. The monoisotopic (exact) mass is 387 g/mol. The molecule has 0 saturated heterocycles. The first kappa shape index (κ1) is 20.6. The molecule has 0 unspecified atom stereocenters. The van der Waals surface area contributed by atoms with E-state index in [1.54, 1.807) is 0 Å². The minimum atomic E-state index is -0.870. The van der Waals surface area contributed by atoms with Gasteiger partial charge in [-0.2, -0.15) is 0 Å². The highest BCUT2D eigenvalue weighted by Crippen LogP contribution is 2.29. The number of carbonyl (C=O) groups is 3. The molecule has 0 radical (unpaired) electrons. The number of esters is 3. The Hall–Kier alpha value is -3.68. The summed E-state index contributed by atoms with van der Waals surface area (Å²) in [7, 11) is 2.29. The van der Waals surface area contributed by atoms with Crippen molar-refractivity contribution in [1.82, 2.24) is 0 Å². The van der Waals surface area contributed by atoms with Gasteiger partial charge in [-0.3, -0.25) is 0 Å². The van der Waals surface area contributed by atoms with Gasteiger partial charge in [0.05, 0.1) is 31.0 Å². The predicted octanol–water partition coefficient (Wildman–Crippen LogP) is 2.66. The molecule has 1 heterocycles. The van der Waals surface area contributed by atoms with Crippen molar-refractivity contribution in [2.24, 2.45) is 0 Å². The second-order valence-electron chi connectivity index (χ2n) is 5.37. The van der Waals surface area contributed by atoms with Crippen LogP contribution in [0.4, 0.5) is 10.1 Å². The lowest BCUT2D eigenvalue weighted by Gasteiger charge is -2.23. The number of hydrogen-bond donors (Lipinski definition) is 0. The van der Waals surface area contributed by atoms with Crippen molar-refractivity contribution < 1.29 is 33.0 Å². The number of halogens is 1. The number of rotatable bonds is 6. The van der Waals surface area contributed by atoms with Gasteiger partial charge in [-0.05, 0) is 30.4 Å². The number of carbonyl (C=O) groups excluding carboxylic acids is 3. The zero-order valence-electron chi connectivity index (χ0n) is 15.3. The number of benzene rings is 1. The first-order chi connectivity index (χ1) is 13.4. The van der Waals surface area contributed by atoms with Gasteiger partial charge in [0.2, 0.25) is 0 Å². The molecule has 28 heavy (non-hydrogen) atoms. The fraction of sp³-hybridized carbons (Fsp3) is 0.150. The largest absolute Gasteiger partial charge is 0.465 e. The van der Waals surface area contributed by atoms with Crippen molar-refractivity contribution in [3.63, 3.8) is 0 Å². The number of methoxy groups -OCH3 is 2. The summed E-state index contributed by atoms with van der Waals surface area (Å²) in [4.78, 5) is 37.5. The van der Waals surface area contributed by atoms with Gasteiger partial charge in [0.25, 0.3) is 0 Å². The number of ether oxygens (including phenoxy) is 3. The Morgan fingerprint density at radius 3 is 2.43 bits per heavy atom. The number of nitrogens with zero attached hydrogens (tertiary/aromatic N) is 1. The third kappa shape index (κ3) is 4.35. The van der Waals surface area contributed by atoms with E-state index in [-0.39, 0.29) is 29.1 Å². The normalized spacial score (nSPS) is 13.0. The molecule has 1 aliphatic rings. The first-order valence-electron chi connectivity index (χ1n) is 8.07. The third-order valence-corrected chi connectivity index (χ3v) is 3.66. The maximum absolute atomic E-state index is 14.8. The minimum Gasteiger partial charge on any atom is -0.465 e. The van der Waals surface area contributed by atoms with Crippen LogP contribution in [0.5, 0.6) is 0 Å². The molecule has 8 heteroatoms. The van der Waals surface area contributed by atoms with E-state index in [1.165, 1.54) is 42.6 Å². The van der Waals surface area contributed by atoms with Crippen LogP contribution in [0.1, 0.15) is 10.4 Å². The minimum absolute atomic E-state index is 0.0134. The highest BCUT2D eigenvalue weighted by atomic mass is 19.1. The summed E-state index contributed by atoms with van der Waals surface area (Å²) in [5.41, 5.74) is -0.452. The Kier molecular flexibility index (Phi) is 6.86. The molecule has 2 rings (SSSR count). The highest BCUT2D eigenvalue weighted by molar-refractivity contribution is 6.05. The van der Waals surface area contributed by atoms with Gasteiger partial charge >= 0.3 is 17.9 Å². The van der Waals surface area contributed by atoms with Crippen LogP contribution in [0.25, 0.3) is 0 Å². The maximum Gasteiger partial charge on any atom is 0.355 e. The summed E-state index contributed by atoms with van der Waals surface area (Å²) in [6.45, 7) is 3.42. The zero-order valence-corrected chi connectivity index (χ0v) is 15.3. The van der Waals surface area contributed by atoms with Gasteiger partial charge in [0.15, 0.2) is 0 Å². The molecular formula is C20H18FNO6. The van der Waals surface area contributed by atoms with Crippen molar-refractivity contribution in [3.8, 4) is 0 Å². The quantitative estimate of drug-likeness (QED) is 0.422. The van der Waals surface area contributed by atoms with Crippen LogP contribution in [0.2, 0.25) is 0 Å². The van der Waals surface area contributed by atoms with E-state index in [0.29, 0.717) is 0 Å². The lowest BCUT2D eigenvalue weighted by atomic mass is 10.1. The van der Waals surface area contributed by atoms with Crippen LogP contribution >= 0.6 is 0 Å². The summed E-state index contributed by atoms with van der Waals surface area (Å²) in [6.07, 6.45) is 7.12. The lowest BCUT2D eigenvalue weighted by molar-refractivity contribution is -0.139. The highest BCUT2D eigenvalue weighted by Gasteiger charge is 2.29. The van der Waals surface area contributed by atoms with E-state index in [9.17, 15) is 18.8 Å². The summed E-state index contributed by atoms with van der Waals surface area (Å²) in [6, 6.07) is 3.59. The Morgan fingerprint density at radius 2 is 1.82 bits per heavy atom. The molecule has 0 amide bonds. The Balaban J connectivity index is 2.54. The Bertz CT molecular complexity index is 900. The van der Waals surface area contributed by atoms with Crippen molar-refractivity contribution >= 4 is 23.6 Å². The second-order valence-corrected chi connectivity index (χ2v) is 5.37. The van der Waals surface area contributed by atoms with E-state index < -0.39 is 23.7 Å². The molecule has 0 fully saturated rings. The predicted molar refractivity (Wildman–Crippen MR) is 98.7 cm³/mol. The third-order valence-electron chi connectivity index (χ3n) is 3.66. The smallest absolute Gasteiger partial charge is 0.355 e. The first-order valence-corrected chi connectivity index (χ1v) is 8.07. The van der Waals surface area contributed by atoms with E-state index in [1.807, 2.05) is 0 Å². The van der Waals surface area contributed by atoms with Crippen LogP contribution in [0, 0.1) is 5.82 Å². The Labute approximate surface area is 161 Å². The van der Waals surface area contributed by atoms with Crippen molar-refractivity contribution in [2.75, 3.05) is 25.7 Å². The van der Waals surface area contributed by atoms with Gasteiger partial charge in [-0.15, -0.1) is 0 Å². The van der Waals surface area contributed by atoms with Crippen LogP contribution < -0.4 is 4.90 Å². The van der Waals surface area contributed by atoms with Crippen LogP contribution in [-0.4, -0.2) is 38.7 Å². The van der Waals surface area contributed by atoms with Crippen LogP contribution in [-0.2, 0) is 23.8 Å². The fourth-order valence-electron chi connectivity index (χ4n) is 2.40. The average molecular weight is 387 g/mol. The molecule has 0 aliphatic carbocycles. The standard InChI is InChI=1S/C20H18FNO6/c1-4-11-28-18(23)13-8-9-16(15(21)12-13)22-10-6-5-7-14(19(24)26-2)17(22)20(25)27-3/h4-10,12H,1,11H2,2-3H3. The Morgan fingerprint density at radius 1 is 1.11 bits per heavy atom. The van der Waals surface area contributed by atoms with Gasteiger partial charge in [0, 0.05) is 6.20 Å². The molecule has 7 nitrogen and oxygen atoms in total. The molecule has 0 saturated carbocycles. The topological polar surface area (TPSA) is 82.1 Å². The van der Waals surface area contributed by atoms with Crippen molar-refractivity contribution in [2.45, 2.75) is 0 Å². The average Bonchev–Trinajstić information content (AvgIpc) is 2.93. The molecule has 146 valence electrons. The van der Waals surface area contributed by atoms with E-state index >= 15 is 0 Å². The summed E-state index contributed by atoms with van der Waals surface area (Å²) >= 11 is 0. The zero-order chi connectivity index (χ0) is 20.7. The van der Waals surface area contributed by atoms with Crippen LogP contribution in [0.3, 0.4) is 0 Å². The molecule has 0 aromatic heterocycles. The summed E-state index contributed by atoms with van der Waals surface area (Å²) in [5, 5.41) is 0. The van der Waals surface area contributed by atoms with Gasteiger partial charge in [0.1, 0.15) is 18.1 Å². The number of anilines is 1. The van der Waals surface area contributed by atoms with Crippen molar-refractivity contribution in [1.29, 1.82) is 0 Å². The molecule has 0 bridgehead atoms. The lowest BCUT2D eigenvalue weighted by Crippen LogP contribution is -2.27. The van der Waals surface area contributed by atoms with Gasteiger partial charge in [-0.1, -0.05) is 18.7 Å². The van der Waals surface area contributed by atoms with E-state index in [4.69, 9.17) is 14.2 Å². The summed E-state index contributed by atoms with van der Waals surface area (Å²) in [5.74, 6) is -3.21. The molecular weight excluding hydrogens is 369 g/mol. The molecule has 0 spiro atoms. The molecule has 1 aromatic rings. The van der Waals surface area contributed by atoms with Crippen molar-refractivity contribution in [3.05, 3.63) is 77.9 Å².